The average molecular weight is 355 g/mol. The molecule has 134 valence electrons. The van der Waals surface area contributed by atoms with Crippen molar-refractivity contribution in [2.75, 3.05) is 0 Å². The number of carbonyl (C=O) groups excluding carboxylic acids is 1. The van der Waals surface area contributed by atoms with Crippen molar-refractivity contribution >= 4 is 17.6 Å². The highest BCUT2D eigenvalue weighted by Gasteiger charge is 2.24. The Morgan fingerprint density at radius 1 is 1.27 bits per heavy atom. The van der Waals surface area contributed by atoms with Gasteiger partial charge in [-0.1, -0.05) is 24.3 Å². The number of tetrazole rings is 1. The van der Waals surface area contributed by atoms with E-state index in [-0.39, 0.29) is 11.9 Å². The lowest BCUT2D eigenvalue weighted by Crippen LogP contribution is -2.36. The van der Waals surface area contributed by atoms with E-state index in [0.717, 1.165) is 4.80 Å². The number of rotatable bonds is 4. The van der Waals surface area contributed by atoms with Gasteiger partial charge in [0.05, 0.1) is 6.04 Å². The van der Waals surface area contributed by atoms with E-state index < -0.39 is 18.1 Å². The van der Waals surface area contributed by atoms with Crippen molar-refractivity contribution in [2.24, 2.45) is 0 Å². The number of para-hydroxylation sites is 1. The van der Waals surface area contributed by atoms with Gasteiger partial charge in [0, 0.05) is 11.8 Å². The second-order valence-corrected chi connectivity index (χ2v) is 5.71. The van der Waals surface area contributed by atoms with Crippen LogP contribution in [0.25, 0.3) is 5.57 Å². The molecule has 0 spiro atoms. The molecule has 1 N–H and O–H groups in total. The zero-order valence-corrected chi connectivity index (χ0v) is 14.2. The maximum atomic E-state index is 12.3. The maximum Gasteiger partial charge on any atom is 0.419 e. The van der Waals surface area contributed by atoms with Crippen molar-refractivity contribution in [3.05, 3.63) is 54.5 Å². The number of hydrogen-bond acceptors (Lipinski definition) is 6. The van der Waals surface area contributed by atoms with Crippen molar-refractivity contribution in [3.8, 4) is 5.75 Å². The fourth-order valence-corrected chi connectivity index (χ4v) is 2.31. The smallest absolute Gasteiger partial charge is 0.419 e. The fraction of sp³-hybridized carbons (Fsp3) is 0.235. The molecule has 1 amide bonds. The van der Waals surface area contributed by atoms with Gasteiger partial charge in [-0.3, -0.25) is 4.90 Å². The summed E-state index contributed by atoms with van der Waals surface area (Å²) in [5.41, 5.74) is 0.644. The minimum atomic E-state index is -1.05. The third-order valence-corrected chi connectivity index (χ3v) is 3.82. The van der Waals surface area contributed by atoms with Crippen LogP contribution in [0, 0.1) is 0 Å². The van der Waals surface area contributed by atoms with Crippen LogP contribution in [0.15, 0.2) is 48.7 Å². The molecule has 2 aromatic rings. The molecule has 1 aliphatic heterocycles. The van der Waals surface area contributed by atoms with Crippen molar-refractivity contribution < 1.29 is 19.4 Å². The lowest BCUT2D eigenvalue weighted by atomic mass is 10.1. The molecule has 9 nitrogen and oxygen atoms in total. The van der Waals surface area contributed by atoms with Gasteiger partial charge >= 0.3 is 12.1 Å². The topological polar surface area (TPSA) is 110 Å². The molecule has 9 heteroatoms. The van der Waals surface area contributed by atoms with E-state index in [4.69, 9.17) is 9.84 Å². The van der Waals surface area contributed by atoms with E-state index in [1.807, 2.05) is 13.0 Å². The molecule has 2 heterocycles. The minimum absolute atomic E-state index is 0.289. The van der Waals surface area contributed by atoms with Crippen LogP contribution >= 0.6 is 0 Å². The summed E-state index contributed by atoms with van der Waals surface area (Å²) >= 11 is 0. The average Bonchev–Trinajstić information content (AvgIpc) is 3.11. The molecule has 0 saturated heterocycles. The summed E-state index contributed by atoms with van der Waals surface area (Å²) in [6, 6.07) is 7.58. The highest BCUT2D eigenvalue weighted by molar-refractivity contribution is 5.78. The van der Waals surface area contributed by atoms with E-state index in [2.05, 4.69) is 15.4 Å². The van der Waals surface area contributed by atoms with E-state index in [1.54, 1.807) is 42.6 Å². The summed E-state index contributed by atoms with van der Waals surface area (Å²) in [5, 5.41) is 20.7. The third kappa shape index (κ3) is 3.61. The summed E-state index contributed by atoms with van der Waals surface area (Å²) in [7, 11) is 0. The first-order chi connectivity index (χ1) is 12.5. The Morgan fingerprint density at radius 3 is 2.65 bits per heavy atom. The number of ether oxygens (including phenoxy) is 1. The number of carboxylic acid groups (broad SMARTS) is 1. The number of amides is 1. The molecule has 0 bridgehead atoms. The van der Waals surface area contributed by atoms with Crippen LogP contribution < -0.4 is 4.74 Å². The predicted octanol–water partition coefficient (Wildman–Crippen LogP) is 2.12. The van der Waals surface area contributed by atoms with Crippen molar-refractivity contribution in [3.63, 3.8) is 0 Å². The number of aliphatic carboxylic acids is 1. The predicted molar refractivity (Wildman–Crippen MR) is 91.0 cm³/mol. The monoisotopic (exact) mass is 355 g/mol. The second kappa shape index (κ2) is 7.18. The quantitative estimate of drug-likeness (QED) is 0.894. The van der Waals surface area contributed by atoms with Crippen LogP contribution in [0.2, 0.25) is 0 Å². The molecular formula is C17H17N5O4. The van der Waals surface area contributed by atoms with Gasteiger partial charge < -0.3 is 9.84 Å². The lowest BCUT2D eigenvalue weighted by molar-refractivity contribution is -0.141. The van der Waals surface area contributed by atoms with Crippen LogP contribution in [-0.2, 0) is 4.79 Å². The largest absolute Gasteiger partial charge is 0.480 e. The number of aromatic nitrogens is 4. The van der Waals surface area contributed by atoms with Crippen LogP contribution in [-0.4, -0.2) is 48.3 Å². The van der Waals surface area contributed by atoms with Gasteiger partial charge in [0.1, 0.15) is 5.75 Å². The summed E-state index contributed by atoms with van der Waals surface area (Å²) in [6.45, 7) is 3.28. The van der Waals surface area contributed by atoms with Crippen molar-refractivity contribution in [2.45, 2.75) is 25.9 Å². The van der Waals surface area contributed by atoms with E-state index in [9.17, 15) is 9.59 Å². The fourth-order valence-electron chi connectivity index (χ4n) is 2.31. The van der Waals surface area contributed by atoms with Crippen molar-refractivity contribution in [1.82, 2.24) is 25.1 Å². The van der Waals surface area contributed by atoms with Crippen molar-refractivity contribution in [1.29, 1.82) is 0 Å². The van der Waals surface area contributed by atoms with Crippen LogP contribution in [0.1, 0.15) is 25.7 Å². The molecule has 3 rings (SSSR count). The Labute approximate surface area is 149 Å². The second-order valence-electron chi connectivity index (χ2n) is 5.71. The van der Waals surface area contributed by atoms with Crippen LogP contribution in [0.3, 0.4) is 0 Å². The highest BCUT2D eigenvalue weighted by Crippen LogP contribution is 2.21. The maximum absolute atomic E-state index is 12.3. The SMILES string of the molecule is CC1C=C(c2nnn(C(C)C(=O)O)n2)C=CN1C(=O)Oc1ccccc1. The molecule has 1 aliphatic rings. The summed E-state index contributed by atoms with van der Waals surface area (Å²) in [5.74, 6) is -0.303. The standard InChI is InChI=1S/C17H17N5O4/c1-11-10-13(15-18-20-22(19-15)12(2)16(23)24)8-9-21(11)17(25)26-14-6-4-3-5-7-14/h3-12H,1-2H3,(H,23,24). The van der Waals surface area contributed by atoms with E-state index >= 15 is 0 Å². The number of benzene rings is 1. The molecule has 0 aliphatic carbocycles. The molecule has 1 aromatic carbocycles. The van der Waals surface area contributed by atoms with E-state index in [0.29, 0.717) is 11.3 Å². The summed E-state index contributed by atoms with van der Waals surface area (Å²) in [6.07, 6.45) is 4.50. The molecule has 0 radical (unpaired) electrons. The zero-order valence-electron chi connectivity index (χ0n) is 14.2. The Hall–Kier alpha value is -3.49. The van der Waals surface area contributed by atoms with Crippen LogP contribution in [0.5, 0.6) is 5.75 Å². The molecule has 2 atom stereocenters. The Kier molecular flexibility index (Phi) is 4.78. The highest BCUT2D eigenvalue weighted by atomic mass is 16.6. The van der Waals surface area contributed by atoms with Gasteiger partial charge in [0.2, 0.25) is 5.82 Å². The first kappa shape index (κ1) is 17.3. The zero-order chi connectivity index (χ0) is 18.7. The van der Waals surface area contributed by atoms with Gasteiger partial charge in [0.25, 0.3) is 0 Å². The Bertz CT molecular complexity index is 874. The Balaban J connectivity index is 1.71. The molecule has 1 aromatic heterocycles. The number of carboxylic acids is 1. The van der Waals surface area contributed by atoms with Gasteiger partial charge in [-0.25, -0.2) is 9.59 Å². The molecule has 26 heavy (non-hydrogen) atoms. The first-order valence-corrected chi connectivity index (χ1v) is 7.93. The van der Waals surface area contributed by atoms with Crippen LogP contribution in [0.4, 0.5) is 4.79 Å². The number of nitrogens with zero attached hydrogens (tertiary/aromatic N) is 5. The number of carbonyl (C=O) groups is 2. The molecule has 2 unspecified atom stereocenters. The molecular weight excluding hydrogens is 338 g/mol. The van der Waals surface area contributed by atoms with Gasteiger partial charge in [-0.2, -0.15) is 0 Å². The summed E-state index contributed by atoms with van der Waals surface area (Å²) < 4.78 is 5.32. The van der Waals surface area contributed by atoms with Gasteiger partial charge in [0.15, 0.2) is 6.04 Å². The summed E-state index contributed by atoms with van der Waals surface area (Å²) in [4.78, 5) is 25.8. The lowest BCUT2D eigenvalue weighted by Gasteiger charge is -2.25. The normalized spacial score (nSPS) is 17.5. The molecule has 0 fully saturated rings. The minimum Gasteiger partial charge on any atom is -0.480 e. The number of allylic oxidation sites excluding steroid dienone is 2. The Morgan fingerprint density at radius 2 is 2.00 bits per heavy atom. The van der Waals surface area contributed by atoms with Gasteiger partial charge in [-0.15, -0.1) is 15.0 Å². The number of hydrogen-bond donors (Lipinski definition) is 1. The third-order valence-electron chi connectivity index (χ3n) is 3.82. The first-order valence-electron chi connectivity index (χ1n) is 7.93. The molecule has 0 saturated carbocycles. The van der Waals surface area contributed by atoms with Gasteiger partial charge in [-0.05, 0) is 37.3 Å². The van der Waals surface area contributed by atoms with E-state index in [1.165, 1.54) is 11.8 Å².